The molecule has 5 rings (SSSR count). The van der Waals surface area contributed by atoms with Crippen LogP contribution in [0.4, 0.5) is 17.3 Å². The van der Waals surface area contributed by atoms with E-state index in [1.54, 1.807) is 11.3 Å². The molecule has 0 aliphatic carbocycles. The van der Waals surface area contributed by atoms with Crippen LogP contribution in [0.25, 0.3) is 21.3 Å². The highest BCUT2D eigenvalue weighted by Crippen LogP contribution is 2.33. The number of benzene rings is 2. The summed E-state index contributed by atoms with van der Waals surface area (Å²) in [6.45, 7) is 5.55. The molecular formula is C23H22N4OS. The highest BCUT2D eigenvalue weighted by atomic mass is 32.1. The molecule has 0 spiro atoms. The van der Waals surface area contributed by atoms with Gasteiger partial charge in [-0.15, -0.1) is 11.3 Å². The number of morpholine rings is 1. The summed E-state index contributed by atoms with van der Waals surface area (Å²) in [5, 5.41) is 5.50. The molecule has 29 heavy (non-hydrogen) atoms. The lowest BCUT2D eigenvalue weighted by Gasteiger charge is -2.28. The van der Waals surface area contributed by atoms with E-state index in [1.807, 2.05) is 6.20 Å². The zero-order valence-corrected chi connectivity index (χ0v) is 17.1. The number of ether oxygens (including phenoxy) is 1. The summed E-state index contributed by atoms with van der Waals surface area (Å²) >= 11 is 1.68. The Bertz CT molecular complexity index is 1120. The highest BCUT2D eigenvalue weighted by molar-refractivity contribution is 7.17. The van der Waals surface area contributed by atoms with Crippen molar-refractivity contribution in [3.63, 3.8) is 0 Å². The standard InChI is InChI=1S/C23H22N4OS/c1-16-2-4-17(5-3-16)20-15-29-21-14-24-23(26-22(20)21)25-18-6-8-19(9-7-18)27-10-12-28-13-11-27/h2-9,14-15H,10-13H2,1H3,(H,24,25,26). The van der Waals surface area contributed by atoms with E-state index in [9.17, 15) is 0 Å². The SMILES string of the molecule is Cc1ccc(-c2csc3cnc(Nc4ccc(N5CCOCC5)cc4)nc23)cc1. The van der Waals surface area contributed by atoms with E-state index in [4.69, 9.17) is 9.72 Å². The van der Waals surface area contributed by atoms with Crippen LogP contribution in [-0.2, 0) is 4.74 Å². The number of nitrogens with zero attached hydrogens (tertiary/aromatic N) is 3. The van der Waals surface area contributed by atoms with E-state index >= 15 is 0 Å². The van der Waals surface area contributed by atoms with Crippen LogP contribution >= 0.6 is 11.3 Å². The molecular weight excluding hydrogens is 380 g/mol. The summed E-state index contributed by atoms with van der Waals surface area (Å²) in [5.74, 6) is 0.614. The van der Waals surface area contributed by atoms with Gasteiger partial charge in [0, 0.05) is 35.4 Å². The van der Waals surface area contributed by atoms with Crippen molar-refractivity contribution in [3.05, 3.63) is 65.7 Å². The van der Waals surface area contributed by atoms with Crippen LogP contribution in [-0.4, -0.2) is 36.3 Å². The van der Waals surface area contributed by atoms with Crippen molar-refractivity contribution >= 4 is 38.9 Å². The van der Waals surface area contributed by atoms with Gasteiger partial charge in [-0.25, -0.2) is 9.97 Å². The molecule has 0 bridgehead atoms. The Hall–Kier alpha value is -2.96. The highest BCUT2D eigenvalue weighted by Gasteiger charge is 2.12. The number of anilines is 3. The smallest absolute Gasteiger partial charge is 0.227 e. The third-order valence-corrected chi connectivity index (χ3v) is 6.08. The van der Waals surface area contributed by atoms with Gasteiger partial charge in [0.25, 0.3) is 0 Å². The van der Waals surface area contributed by atoms with Crippen molar-refractivity contribution in [3.8, 4) is 11.1 Å². The summed E-state index contributed by atoms with van der Waals surface area (Å²) in [5.41, 5.74) is 6.77. The number of aryl methyl sites for hydroxylation is 1. The van der Waals surface area contributed by atoms with E-state index in [-0.39, 0.29) is 0 Å². The lowest BCUT2D eigenvalue weighted by atomic mass is 10.1. The zero-order chi connectivity index (χ0) is 19.6. The molecule has 1 aliphatic rings. The summed E-state index contributed by atoms with van der Waals surface area (Å²) in [4.78, 5) is 11.6. The second kappa shape index (κ2) is 7.81. The number of thiophene rings is 1. The first kappa shape index (κ1) is 18.1. The molecule has 0 unspecified atom stereocenters. The van der Waals surface area contributed by atoms with Crippen molar-refractivity contribution in [2.24, 2.45) is 0 Å². The normalized spacial score (nSPS) is 14.3. The maximum Gasteiger partial charge on any atom is 0.227 e. The topological polar surface area (TPSA) is 50.3 Å². The molecule has 0 amide bonds. The molecule has 0 radical (unpaired) electrons. The van der Waals surface area contributed by atoms with Crippen LogP contribution < -0.4 is 10.2 Å². The van der Waals surface area contributed by atoms with Gasteiger partial charge in [-0.3, -0.25) is 0 Å². The molecule has 1 saturated heterocycles. The predicted molar refractivity (Wildman–Crippen MR) is 120 cm³/mol. The quantitative estimate of drug-likeness (QED) is 0.505. The summed E-state index contributed by atoms with van der Waals surface area (Å²) in [6, 6.07) is 17.0. The van der Waals surface area contributed by atoms with Gasteiger partial charge < -0.3 is 15.0 Å². The van der Waals surface area contributed by atoms with E-state index in [0.717, 1.165) is 47.8 Å². The van der Waals surface area contributed by atoms with Crippen molar-refractivity contribution in [2.45, 2.75) is 6.92 Å². The maximum atomic E-state index is 5.43. The fourth-order valence-corrected chi connectivity index (χ4v) is 4.41. The second-order valence-electron chi connectivity index (χ2n) is 7.19. The largest absolute Gasteiger partial charge is 0.378 e. The number of aromatic nitrogens is 2. The molecule has 0 atom stereocenters. The van der Waals surface area contributed by atoms with Gasteiger partial charge in [0.2, 0.25) is 5.95 Å². The Morgan fingerprint density at radius 3 is 2.52 bits per heavy atom. The number of hydrogen-bond donors (Lipinski definition) is 1. The van der Waals surface area contributed by atoms with E-state index in [0.29, 0.717) is 5.95 Å². The minimum atomic E-state index is 0.614. The van der Waals surface area contributed by atoms with Gasteiger partial charge in [-0.05, 0) is 36.8 Å². The Morgan fingerprint density at radius 2 is 1.76 bits per heavy atom. The third kappa shape index (κ3) is 3.81. The molecule has 1 aliphatic heterocycles. The van der Waals surface area contributed by atoms with Crippen LogP contribution in [0.15, 0.2) is 60.1 Å². The fourth-order valence-electron chi connectivity index (χ4n) is 3.53. The number of hydrogen-bond acceptors (Lipinski definition) is 6. The van der Waals surface area contributed by atoms with E-state index < -0.39 is 0 Å². The molecule has 4 aromatic rings. The van der Waals surface area contributed by atoms with Crippen LogP contribution in [0.1, 0.15) is 5.56 Å². The molecule has 1 N–H and O–H groups in total. The number of rotatable bonds is 4. The molecule has 2 aromatic heterocycles. The van der Waals surface area contributed by atoms with Gasteiger partial charge in [-0.1, -0.05) is 29.8 Å². The first-order chi connectivity index (χ1) is 14.3. The Balaban J connectivity index is 1.39. The molecule has 1 fully saturated rings. The van der Waals surface area contributed by atoms with Crippen molar-refractivity contribution in [1.82, 2.24) is 9.97 Å². The Kier molecular flexibility index (Phi) is 4.87. The molecule has 146 valence electrons. The van der Waals surface area contributed by atoms with Crippen LogP contribution in [0.2, 0.25) is 0 Å². The number of nitrogens with one attached hydrogen (secondary N) is 1. The fraction of sp³-hybridized carbons (Fsp3) is 0.217. The molecule has 5 nitrogen and oxygen atoms in total. The molecule has 2 aromatic carbocycles. The lowest BCUT2D eigenvalue weighted by molar-refractivity contribution is 0.122. The Labute approximate surface area is 174 Å². The number of fused-ring (bicyclic) bond motifs is 1. The van der Waals surface area contributed by atoms with Gasteiger partial charge >= 0.3 is 0 Å². The average Bonchev–Trinajstić information content (AvgIpc) is 3.19. The monoisotopic (exact) mass is 402 g/mol. The molecule has 0 saturated carbocycles. The summed E-state index contributed by atoms with van der Waals surface area (Å²) in [6.07, 6.45) is 1.90. The van der Waals surface area contributed by atoms with E-state index in [2.05, 4.69) is 76.0 Å². The van der Waals surface area contributed by atoms with Crippen molar-refractivity contribution < 1.29 is 4.74 Å². The zero-order valence-electron chi connectivity index (χ0n) is 16.3. The molecule has 6 heteroatoms. The van der Waals surface area contributed by atoms with Crippen molar-refractivity contribution in [2.75, 3.05) is 36.5 Å². The van der Waals surface area contributed by atoms with Crippen LogP contribution in [0.5, 0.6) is 0 Å². The van der Waals surface area contributed by atoms with Gasteiger partial charge in [-0.2, -0.15) is 0 Å². The second-order valence-corrected chi connectivity index (χ2v) is 8.10. The Morgan fingerprint density at radius 1 is 1.00 bits per heavy atom. The lowest BCUT2D eigenvalue weighted by Crippen LogP contribution is -2.36. The molecule has 3 heterocycles. The van der Waals surface area contributed by atoms with Gasteiger partial charge in [0.15, 0.2) is 0 Å². The minimum Gasteiger partial charge on any atom is -0.378 e. The predicted octanol–water partition coefficient (Wildman–Crippen LogP) is 5.25. The van der Waals surface area contributed by atoms with Crippen molar-refractivity contribution in [1.29, 1.82) is 0 Å². The van der Waals surface area contributed by atoms with E-state index in [1.165, 1.54) is 16.8 Å². The first-order valence-electron chi connectivity index (χ1n) is 9.77. The van der Waals surface area contributed by atoms with Crippen LogP contribution in [0.3, 0.4) is 0 Å². The van der Waals surface area contributed by atoms with Gasteiger partial charge in [0.1, 0.15) is 0 Å². The maximum absolute atomic E-state index is 5.43. The summed E-state index contributed by atoms with van der Waals surface area (Å²) in [7, 11) is 0. The third-order valence-electron chi connectivity index (χ3n) is 5.18. The first-order valence-corrected chi connectivity index (χ1v) is 10.7. The van der Waals surface area contributed by atoms with Crippen LogP contribution in [0, 0.1) is 6.92 Å². The minimum absolute atomic E-state index is 0.614. The summed E-state index contributed by atoms with van der Waals surface area (Å²) < 4.78 is 6.52. The van der Waals surface area contributed by atoms with Gasteiger partial charge in [0.05, 0.1) is 29.6 Å². The average molecular weight is 403 g/mol.